The molecule has 0 aliphatic rings. The summed E-state index contributed by atoms with van der Waals surface area (Å²) in [5, 5.41) is 4.36. The Hall–Kier alpha value is -2.05. The zero-order valence-electron chi connectivity index (χ0n) is 12.2. The Kier molecular flexibility index (Phi) is 4.26. The molecule has 1 aromatic heterocycles. The summed E-state index contributed by atoms with van der Waals surface area (Å²) in [4.78, 5) is 0. The first-order valence-corrected chi connectivity index (χ1v) is 6.30. The van der Waals surface area contributed by atoms with Crippen LogP contribution >= 0.6 is 0 Å². The largest absolute Gasteiger partial charge is 0.496 e. The molecule has 1 heterocycles. The van der Waals surface area contributed by atoms with Gasteiger partial charge in [-0.3, -0.25) is 10.5 Å². The molecule has 0 amide bonds. The van der Waals surface area contributed by atoms with Crippen LogP contribution in [0.5, 0.6) is 11.5 Å². The van der Waals surface area contributed by atoms with Crippen molar-refractivity contribution in [3.63, 3.8) is 0 Å². The minimum atomic E-state index is -0.271. The van der Waals surface area contributed by atoms with Gasteiger partial charge in [-0.2, -0.15) is 5.10 Å². The molecule has 0 radical (unpaired) electrons. The highest BCUT2D eigenvalue weighted by atomic mass is 16.5. The lowest BCUT2D eigenvalue weighted by molar-refractivity contribution is 0.375. The molecule has 1 aromatic carbocycles. The topological polar surface area (TPSA) is 74.3 Å². The molecule has 1 atom stereocenters. The SMILES string of the molecule is COc1cccc(OC)c1C(NN)c1cc(C)nn1C. The van der Waals surface area contributed by atoms with Crippen molar-refractivity contribution in [1.29, 1.82) is 0 Å². The first kappa shape index (κ1) is 14.4. The van der Waals surface area contributed by atoms with Crippen LogP contribution in [-0.2, 0) is 7.05 Å². The number of aromatic nitrogens is 2. The quantitative estimate of drug-likeness (QED) is 0.636. The van der Waals surface area contributed by atoms with E-state index in [9.17, 15) is 0 Å². The molecule has 0 saturated carbocycles. The molecule has 0 spiro atoms. The third-order valence-electron chi connectivity index (χ3n) is 3.26. The van der Waals surface area contributed by atoms with Gasteiger partial charge in [0.25, 0.3) is 0 Å². The first-order chi connectivity index (χ1) is 9.62. The summed E-state index contributed by atoms with van der Waals surface area (Å²) in [6, 6.07) is 7.35. The molecule has 6 nitrogen and oxygen atoms in total. The van der Waals surface area contributed by atoms with Crippen LogP contribution < -0.4 is 20.7 Å². The van der Waals surface area contributed by atoms with Crippen molar-refractivity contribution in [1.82, 2.24) is 15.2 Å². The number of nitrogens with two attached hydrogens (primary N) is 1. The molecule has 0 aliphatic carbocycles. The van der Waals surface area contributed by atoms with Gasteiger partial charge in [-0.25, -0.2) is 5.43 Å². The van der Waals surface area contributed by atoms with E-state index in [1.807, 2.05) is 38.2 Å². The Balaban J connectivity index is 2.59. The number of ether oxygens (including phenoxy) is 2. The van der Waals surface area contributed by atoms with Crippen molar-refractivity contribution in [2.75, 3.05) is 14.2 Å². The number of rotatable bonds is 5. The van der Waals surface area contributed by atoms with Gasteiger partial charge in [0, 0.05) is 7.05 Å². The lowest BCUT2D eigenvalue weighted by Crippen LogP contribution is -2.31. The summed E-state index contributed by atoms with van der Waals surface area (Å²) in [7, 11) is 5.13. The molecule has 6 heteroatoms. The zero-order chi connectivity index (χ0) is 14.7. The molecule has 20 heavy (non-hydrogen) atoms. The molecule has 3 N–H and O–H groups in total. The number of aryl methyl sites for hydroxylation is 2. The lowest BCUT2D eigenvalue weighted by atomic mass is 10.0. The third kappa shape index (κ3) is 2.48. The fourth-order valence-corrected chi connectivity index (χ4v) is 2.38. The van der Waals surface area contributed by atoms with E-state index in [0.29, 0.717) is 11.5 Å². The zero-order valence-corrected chi connectivity index (χ0v) is 12.2. The fourth-order valence-electron chi connectivity index (χ4n) is 2.38. The van der Waals surface area contributed by atoms with Crippen LogP contribution in [0.4, 0.5) is 0 Å². The summed E-state index contributed by atoms with van der Waals surface area (Å²) in [6.07, 6.45) is 0. The van der Waals surface area contributed by atoms with Gasteiger partial charge in [0.2, 0.25) is 0 Å². The second-order valence-electron chi connectivity index (χ2n) is 4.51. The Bertz CT molecular complexity index is 573. The molecule has 1 unspecified atom stereocenters. The number of hydrogen-bond donors (Lipinski definition) is 2. The van der Waals surface area contributed by atoms with Gasteiger partial charge in [0.15, 0.2) is 0 Å². The standard InChI is InChI=1S/C14H20N4O2/c1-9-8-10(18(2)17-9)14(16-15)13-11(19-3)6-5-7-12(13)20-4/h5-8,14,16H,15H2,1-4H3. The van der Waals surface area contributed by atoms with E-state index >= 15 is 0 Å². The van der Waals surface area contributed by atoms with Crippen LogP contribution in [0.3, 0.4) is 0 Å². The minimum Gasteiger partial charge on any atom is -0.496 e. The number of nitrogens with one attached hydrogen (secondary N) is 1. The van der Waals surface area contributed by atoms with E-state index in [0.717, 1.165) is 17.0 Å². The number of hydrogen-bond acceptors (Lipinski definition) is 5. The Morgan fingerprint density at radius 2 is 1.85 bits per heavy atom. The Morgan fingerprint density at radius 3 is 2.25 bits per heavy atom. The highest BCUT2D eigenvalue weighted by Crippen LogP contribution is 2.36. The number of methoxy groups -OCH3 is 2. The van der Waals surface area contributed by atoms with Crippen molar-refractivity contribution < 1.29 is 9.47 Å². The van der Waals surface area contributed by atoms with Gasteiger partial charge in [-0.15, -0.1) is 0 Å². The molecule has 0 saturated heterocycles. The highest BCUT2D eigenvalue weighted by Gasteiger charge is 2.24. The average molecular weight is 276 g/mol. The maximum Gasteiger partial charge on any atom is 0.127 e. The monoisotopic (exact) mass is 276 g/mol. The molecule has 0 fully saturated rings. The van der Waals surface area contributed by atoms with Crippen LogP contribution in [0.2, 0.25) is 0 Å². The predicted molar refractivity (Wildman–Crippen MR) is 76.7 cm³/mol. The van der Waals surface area contributed by atoms with E-state index in [4.69, 9.17) is 15.3 Å². The fraction of sp³-hybridized carbons (Fsp3) is 0.357. The van der Waals surface area contributed by atoms with Gasteiger partial charge in [-0.05, 0) is 25.1 Å². The van der Waals surface area contributed by atoms with Crippen LogP contribution in [0.25, 0.3) is 0 Å². The first-order valence-electron chi connectivity index (χ1n) is 6.30. The average Bonchev–Trinajstić information content (AvgIpc) is 2.78. The van der Waals surface area contributed by atoms with E-state index in [1.165, 1.54) is 0 Å². The molecule has 0 bridgehead atoms. The van der Waals surface area contributed by atoms with Crippen molar-refractivity contribution in [2.24, 2.45) is 12.9 Å². The van der Waals surface area contributed by atoms with Crippen LogP contribution in [0, 0.1) is 6.92 Å². The van der Waals surface area contributed by atoms with Gasteiger partial charge >= 0.3 is 0 Å². The second-order valence-corrected chi connectivity index (χ2v) is 4.51. The van der Waals surface area contributed by atoms with Gasteiger partial charge < -0.3 is 9.47 Å². The Morgan fingerprint density at radius 1 is 1.25 bits per heavy atom. The highest BCUT2D eigenvalue weighted by molar-refractivity contribution is 5.49. The number of benzene rings is 1. The summed E-state index contributed by atoms with van der Waals surface area (Å²) < 4.78 is 12.7. The maximum absolute atomic E-state index is 5.76. The number of nitrogens with zero attached hydrogens (tertiary/aromatic N) is 2. The van der Waals surface area contributed by atoms with E-state index in [1.54, 1.807) is 18.9 Å². The maximum atomic E-state index is 5.76. The normalized spacial score (nSPS) is 12.2. The van der Waals surface area contributed by atoms with Crippen molar-refractivity contribution in [2.45, 2.75) is 13.0 Å². The smallest absolute Gasteiger partial charge is 0.127 e. The van der Waals surface area contributed by atoms with Crippen LogP contribution in [0.15, 0.2) is 24.3 Å². The minimum absolute atomic E-state index is 0.271. The molecular weight excluding hydrogens is 256 g/mol. The molecule has 2 rings (SSSR count). The molecule has 2 aromatic rings. The van der Waals surface area contributed by atoms with Crippen molar-refractivity contribution >= 4 is 0 Å². The Labute approximate surface area is 118 Å². The van der Waals surface area contributed by atoms with Crippen LogP contribution in [-0.4, -0.2) is 24.0 Å². The molecule has 108 valence electrons. The summed E-state index contributed by atoms with van der Waals surface area (Å²) in [6.45, 7) is 1.94. The van der Waals surface area contributed by atoms with Gasteiger partial charge in [0.1, 0.15) is 11.5 Å². The number of hydrazine groups is 1. The molecular formula is C14H20N4O2. The van der Waals surface area contributed by atoms with E-state index < -0.39 is 0 Å². The van der Waals surface area contributed by atoms with Crippen LogP contribution in [0.1, 0.15) is 23.0 Å². The van der Waals surface area contributed by atoms with Gasteiger partial charge in [0.05, 0.1) is 37.2 Å². The summed E-state index contributed by atoms with van der Waals surface area (Å²) >= 11 is 0. The second kappa shape index (κ2) is 5.94. The summed E-state index contributed by atoms with van der Waals surface area (Å²) in [5.41, 5.74) is 5.53. The van der Waals surface area contributed by atoms with Crippen molar-refractivity contribution in [3.05, 3.63) is 41.2 Å². The van der Waals surface area contributed by atoms with E-state index in [2.05, 4.69) is 10.5 Å². The summed E-state index contributed by atoms with van der Waals surface area (Å²) in [5.74, 6) is 7.19. The molecule has 0 aliphatic heterocycles. The van der Waals surface area contributed by atoms with Gasteiger partial charge in [-0.1, -0.05) is 6.07 Å². The van der Waals surface area contributed by atoms with E-state index in [-0.39, 0.29) is 6.04 Å². The third-order valence-corrected chi connectivity index (χ3v) is 3.26. The predicted octanol–water partition coefficient (Wildman–Crippen LogP) is 1.30. The van der Waals surface area contributed by atoms with Crippen molar-refractivity contribution in [3.8, 4) is 11.5 Å². The lowest BCUT2D eigenvalue weighted by Gasteiger charge is -2.21.